The molecule has 0 radical (unpaired) electrons. The first kappa shape index (κ1) is 16.2. The first-order valence-corrected chi connectivity index (χ1v) is 7.60. The predicted octanol–water partition coefficient (Wildman–Crippen LogP) is 4.77. The molecule has 0 aliphatic heterocycles. The molecule has 0 amide bonds. The molecule has 1 nitrogen and oxygen atoms in total. The number of nitrogens with one attached hydrogen (secondary N) is 1. The second-order valence-electron chi connectivity index (χ2n) is 7.00. The molecular weight excluding hydrogens is 230 g/mol. The number of rotatable bonds is 6. The molecule has 0 saturated heterocycles. The summed E-state index contributed by atoms with van der Waals surface area (Å²) in [7, 11) is 2.08. The van der Waals surface area contributed by atoms with Gasteiger partial charge in [0.1, 0.15) is 0 Å². The fraction of sp³-hybridized carbons (Fsp3) is 0.667. The summed E-state index contributed by atoms with van der Waals surface area (Å²) in [4.78, 5) is 0. The average molecular weight is 261 g/mol. The van der Waals surface area contributed by atoms with Gasteiger partial charge >= 0.3 is 0 Å². The van der Waals surface area contributed by atoms with Gasteiger partial charge in [-0.2, -0.15) is 0 Å². The topological polar surface area (TPSA) is 12.0 Å². The number of hydrogen-bond acceptors (Lipinski definition) is 1. The van der Waals surface area contributed by atoms with Crippen LogP contribution in [0, 0.1) is 5.41 Å². The summed E-state index contributed by atoms with van der Waals surface area (Å²) in [5.74, 6) is 0.628. The van der Waals surface area contributed by atoms with Gasteiger partial charge < -0.3 is 5.32 Å². The fourth-order valence-electron chi connectivity index (χ4n) is 2.59. The van der Waals surface area contributed by atoms with Crippen molar-refractivity contribution in [3.05, 3.63) is 35.4 Å². The molecule has 0 fully saturated rings. The Kier molecular flexibility index (Phi) is 6.06. The van der Waals surface area contributed by atoms with E-state index < -0.39 is 0 Å². The Morgan fingerprint density at radius 2 is 1.63 bits per heavy atom. The molecule has 108 valence electrons. The summed E-state index contributed by atoms with van der Waals surface area (Å²) in [5, 5.41) is 3.45. The molecule has 1 rings (SSSR count). The maximum Gasteiger partial charge on any atom is 0.0113 e. The third-order valence-corrected chi connectivity index (χ3v) is 4.00. The van der Waals surface area contributed by atoms with Gasteiger partial charge in [0.15, 0.2) is 0 Å². The molecule has 0 spiro atoms. The average Bonchev–Trinajstić information content (AvgIpc) is 2.33. The van der Waals surface area contributed by atoms with E-state index in [1.807, 2.05) is 0 Å². The lowest BCUT2D eigenvalue weighted by Gasteiger charge is -2.30. The van der Waals surface area contributed by atoms with Crippen molar-refractivity contribution in [3.63, 3.8) is 0 Å². The number of hydrogen-bond donors (Lipinski definition) is 1. The van der Waals surface area contributed by atoms with Crippen LogP contribution in [0.2, 0.25) is 0 Å². The van der Waals surface area contributed by atoms with Crippen LogP contribution in [0.15, 0.2) is 24.3 Å². The van der Waals surface area contributed by atoms with E-state index in [4.69, 9.17) is 0 Å². The molecule has 0 heterocycles. The van der Waals surface area contributed by atoms with E-state index in [0.29, 0.717) is 17.4 Å². The predicted molar refractivity (Wildman–Crippen MR) is 85.8 cm³/mol. The van der Waals surface area contributed by atoms with E-state index in [-0.39, 0.29) is 0 Å². The minimum atomic E-state index is 0.344. The molecule has 0 saturated carbocycles. The zero-order chi connectivity index (χ0) is 14.5. The first-order valence-electron chi connectivity index (χ1n) is 7.60. The van der Waals surface area contributed by atoms with Crippen molar-refractivity contribution >= 4 is 0 Å². The van der Waals surface area contributed by atoms with Gasteiger partial charge in [0.05, 0.1) is 0 Å². The maximum absolute atomic E-state index is 3.45. The van der Waals surface area contributed by atoms with Crippen LogP contribution in [0.5, 0.6) is 0 Å². The van der Waals surface area contributed by atoms with E-state index in [1.54, 1.807) is 0 Å². The summed E-state index contributed by atoms with van der Waals surface area (Å²) in [6, 6.07) is 9.74. The van der Waals surface area contributed by atoms with Crippen LogP contribution in [0.25, 0.3) is 0 Å². The second-order valence-corrected chi connectivity index (χ2v) is 7.00. The fourth-order valence-corrected chi connectivity index (χ4v) is 2.59. The van der Waals surface area contributed by atoms with Gasteiger partial charge in [-0.05, 0) is 48.8 Å². The molecule has 0 aliphatic rings. The van der Waals surface area contributed by atoms with E-state index in [2.05, 4.69) is 71.2 Å². The van der Waals surface area contributed by atoms with Gasteiger partial charge in [-0.1, -0.05) is 58.9 Å². The largest absolute Gasteiger partial charge is 0.316 e. The summed E-state index contributed by atoms with van der Waals surface area (Å²) >= 11 is 0. The van der Waals surface area contributed by atoms with Crippen molar-refractivity contribution < 1.29 is 0 Å². The van der Waals surface area contributed by atoms with Gasteiger partial charge in [0, 0.05) is 6.04 Å². The van der Waals surface area contributed by atoms with Crippen molar-refractivity contribution in [2.24, 2.45) is 5.41 Å². The van der Waals surface area contributed by atoms with E-state index in [9.17, 15) is 0 Å². The van der Waals surface area contributed by atoms with Gasteiger partial charge in [-0.15, -0.1) is 0 Å². The molecule has 1 aromatic carbocycles. The monoisotopic (exact) mass is 261 g/mol. The summed E-state index contributed by atoms with van der Waals surface area (Å²) in [6.45, 7) is 11.4. The zero-order valence-electron chi connectivity index (χ0n) is 13.6. The van der Waals surface area contributed by atoms with Crippen molar-refractivity contribution in [2.45, 2.75) is 65.8 Å². The maximum atomic E-state index is 3.45. The van der Waals surface area contributed by atoms with Crippen LogP contribution in [-0.4, -0.2) is 13.1 Å². The molecule has 0 aliphatic carbocycles. The Hall–Kier alpha value is -0.820. The molecular formula is C18H31N. The smallest absolute Gasteiger partial charge is 0.0113 e. The standard InChI is InChI=1S/C18H31N/c1-14(2)16-12-10-15(11-13-16)8-7-9-17(19-6)18(3,4)5/h10-14,17,19H,7-9H2,1-6H3. The Bertz CT molecular complexity index is 356. The SMILES string of the molecule is CNC(CCCc1ccc(C(C)C)cc1)C(C)(C)C. The molecule has 1 atom stereocenters. The lowest BCUT2D eigenvalue weighted by atomic mass is 9.83. The highest BCUT2D eigenvalue weighted by molar-refractivity contribution is 5.24. The van der Waals surface area contributed by atoms with E-state index in [1.165, 1.54) is 30.4 Å². The summed E-state index contributed by atoms with van der Waals surface area (Å²) in [6.07, 6.45) is 3.68. The van der Waals surface area contributed by atoms with Crippen LogP contribution < -0.4 is 5.32 Å². The normalized spacial score (nSPS) is 13.8. The highest BCUT2D eigenvalue weighted by atomic mass is 14.9. The molecule has 1 unspecified atom stereocenters. The lowest BCUT2D eigenvalue weighted by Crippen LogP contribution is -2.37. The molecule has 19 heavy (non-hydrogen) atoms. The van der Waals surface area contributed by atoms with Gasteiger partial charge in [0.25, 0.3) is 0 Å². The van der Waals surface area contributed by atoms with Gasteiger partial charge in [-0.25, -0.2) is 0 Å². The van der Waals surface area contributed by atoms with Crippen molar-refractivity contribution in [1.29, 1.82) is 0 Å². The minimum Gasteiger partial charge on any atom is -0.316 e. The van der Waals surface area contributed by atoms with Crippen LogP contribution in [0.3, 0.4) is 0 Å². The quantitative estimate of drug-likeness (QED) is 0.778. The van der Waals surface area contributed by atoms with Crippen LogP contribution >= 0.6 is 0 Å². The van der Waals surface area contributed by atoms with E-state index >= 15 is 0 Å². The Morgan fingerprint density at radius 3 is 2.05 bits per heavy atom. The zero-order valence-corrected chi connectivity index (χ0v) is 13.6. The van der Waals surface area contributed by atoms with Crippen LogP contribution in [0.1, 0.15) is 64.5 Å². The summed E-state index contributed by atoms with van der Waals surface area (Å²) < 4.78 is 0. The van der Waals surface area contributed by atoms with Crippen molar-refractivity contribution in [3.8, 4) is 0 Å². The molecule has 1 N–H and O–H groups in total. The van der Waals surface area contributed by atoms with Gasteiger partial charge in [-0.3, -0.25) is 0 Å². The number of aryl methyl sites for hydroxylation is 1. The van der Waals surface area contributed by atoms with Crippen LogP contribution in [-0.2, 0) is 6.42 Å². The number of benzene rings is 1. The molecule has 0 aromatic heterocycles. The third kappa shape index (κ3) is 5.36. The van der Waals surface area contributed by atoms with Crippen molar-refractivity contribution in [1.82, 2.24) is 5.32 Å². The lowest BCUT2D eigenvalue weighted by molar-refractivity contribution is 0.263. The Morgan fingerprint density at radius 1 is 1.05 bits per heavy atom. The Labute approximate surface area is 119 Å². The summed E-state index contributed by atoms with van der Waals surface area (Å²) in [5.41, 5.74) is 3.25. The first-order chi connectivity index (χ1) is 8.84. The second kappa shape index (κ2) is 7.09. The van der Waals surface area contributed by atoms with E-state index in [0.717, 1.165) is 0 Å². The highest BCUT2D eigenvalue weighted by Gasteiger charge is 2.21. The van der Waals surface area contributed by atoms with Crippen molar-refractivity contribution in [2.75, 3.05) is 7.05 Å². The Balaban J connectivity index is 2.44. The third-order valence-electron chi connectivity index (χ3n) is 4.00. The minimum absolute atomic E-state index is 0.344. The van der Waals surface area contributed by atoms with Crippen LogP contribution in [0.4, 0.5) is 0 Å². The highest BCUT2D eigenvalue weighted by Crippen LogP contribution is 2.23. The van der Waals surface area contributed by atoms with Gasteiger partial charge in [0.2, 0.25) is 0 Å². The molecule has 1 heteroatoms. The molecule has 0 bridgehead atoms. The molecule has 1 aromatic rings.